The first-order valence-electron chi connectivity index (χ1n) is 6.71. The van der Waals surface area contributed by atoms with Gasteiger partial charge < -0.3 is 15.2 Å². The largest absolute Gasteiger partial charge is 0.493 e. The number of rotatable bonds is 6. The Morgan fingerprint density at radius 2 is 1.91 bits per heavy atom. The minimum atomic E-state index is -0.703. The number of nitrogens with zero attached hydrogens (tertiary/aromatic N) is 1. The zero-order chi connectivity index (χ0) is 16.7. The van der Waals surface area contributed by atoms with Crippen LogP contribution in [0.25, 0.3) is 0 Å². The van der Waals surface area contributed by atoms with Gasteiger partial charge in [-0.2, -0.15) is 5.10 Å². The van der Waals surface area contributed by atoms with Crippen molar-refractivity contribution in [1.29, 1.82) is 0 Å². The van der Waals surface area contributed by atoms with Crippen LogP contribution in [-0.2, 0) is 0 Å². The molecule has 120 valence electrons. The maximum absolute atomic E-state index is 10.7. The number of primary amides is 1. The molecule has 2 aromatic rings. The highest BCUT2D eigenvalue weighted by Crippen LogP contribution is 2.36. The topological polar surface area (TPSA) is 85.9 Å². The fourth-order valence-corrected chi connectivity index (χ4v) is 2.79. The van der Waals surface area contributed by atoms with Crippen molar-refractivity contribution in [3.05, 3.63) is 48.0 Å². The van der Waals surface area contributed by atoms with E-state index < -0.39 is 6.03 Å². The molecule has 0 aliphatic carbocycles. The Morgan fingerprint density at radius 1 is 1.17 bits per heavy atom. The lowest BCUT2D eigenvalue weighted by atomic mass is 10.2. The first-order valence-corrected chi connectivity index (χ1v) is 7.53. The summed E-state index contributed by atoms with van der Waals surface area (Å²) in [6.45, 7) is 0. The van der Waals surface area contributed by atoms with Crippen LogP contribution in [0.3, 0.4) is 0 Å². The van der Waals surface area contributed by atoms with Crippen LogP contribution in [0.1, 0.15) is 5.56 Å². The Balaban J connectivity index is 2.23. The van der Waals surface area contributed by atoms with Crippen LogP contribution in [0.2, 0.25) is 0 Å². The molecule has 0 unspecified atom stereocenters. The number of methoxy groups -OCH3 is 2. The van der Waals surface area contributed by atoms with Crippen LogP contribution >= 0.6 is 11.8 Å². The zero-order valence-corrected chi connectivity index (χ0v) is 13.6. The summed E-state index contributed by atoms with van der Waals surface area (Å²) in [5, 5.41) is 3.80. The van der Waals surface area contributed by atoms with Gasteiger partial charge in [0.2, 0.25) is 0 Å². The Kier molecular flexibility index (Phi) is 5.87. The van der Waals surface area contributed by atoms with E-state index in [1.54, 1.807) is 32.2 Å². The smallest absolute Gasteiger partial charge is 0.332 e. The average molecular weight is 331 g/mol. The minimum absolute atomic E-state index is 0.666. The van der Waals surface area contributed by atoms with Crippen molar-refractivity contribution in [3.8, 4) is 11.5 Å². The highest BCUT2D eigenvalue weighted by Gasteiger charge is 2.07. The van der Waals surface area contributed by atoms with Crippen molar-refractivity contribution in [1.82, 2.24) is 5.43 Å². The number of carbonyl (C=O) groups is 1. The lowest BCUT2D eigenvalue weighted by Gasteiger charge is -2.10. The summed E-state index contributed by atoms with van der Waals surface area (Å²) in [7, 11) is 3.20. The predicted molar refractivity (Wildman–Crippen MR) is 90.4 cm³/mol. The van der Waals surface area contributed by atoms with Gasteiger partial charge in [0, 0.05) is 15.4 Å². The van der Waals surface area contributed by atoms with Crippen molar-refractivity contribution in [2.45, 2.75) is 9.79 Å². The Labute approximate surface area is 138 Å². The van der Waals surface area contributed by atoms with Crippen molar-refractivity contribution in [3.63, 3.8) is 0 Å². The number of hydrazone groups is 1. The van der Waals surface area contributed by atoms with Crippen molar-refractivity contribution in [2.75, 3.05) is 14.2 Å². The predicted octanol–water partition coefficient (Wildman–Crippen LogP) is 2.86. The molecule has 3 N–H and O–H groups in total. The minimum Gasteiger partial charge on any atom is -0.493 e. The van der Waals surface area contributed by atoms with E-state index in [9.17, 15) is 4.79 Å². The van der Waals surface area contributed by atoms with Gasteiger partial charge in [-0.3, -0.25) is 0 Å². The number of nitrogens with two attached hydrogens (primary N) is 1. The summed E-state index contributed by atoms with van der Waals surface area (Å²) in [4.78, 5) is 12.6. The second-order valence-electron chi connectivity index (χ2n) is 4.39. The number of benzene rings is 2. The fourth-order valence-electron chi connectivity index (χ4n) is 1.85. The molecular weight excluding hydrogens is 314 g/mol. The van der Waals surface area contributed by atoms with Gasteiger partial charge in [-0.15, -0.1) is 0 Å². The molecule has 0 heterocycles. The first-order chi connectivity index (χ1) is 11.1. The average Bonchev–Trinajstić information content (AvgIpc) is 2.56. The second kappa shape index (κ2) is 8.09. The molecule has 0 atom stereocenters. The Morgan fingerprint density at radius 3 is 2.61 bits per heavy atom. The molecule has 0 fully saturated rings. The normalized spacial score (nSPS) is 10.5. The van der Waals surface area contributed by atoms with Crippen LogP contribution in [0, 0.1) is 0 Å². The molecule has 23 heavy (non-hydrogen) atoms. The molecule has 0 saturated carbocycles. The van der Waals surface area contributed by atoms with Gasteiger partial charge in [-0.05, 0) is 24.3 Å². The third-order valence-corrected chi connectivity index (χ3v) is 3.96. The van der Waals surface area contributed by atoms with Gasteiger partial charge >= 0.3 is 6.03 Å². The molecule has 2 aromatic carbocycles. The molecule has 0 bridgehead atoms. The number of urea groups is 1. The van der Waals surface area contributed by atoms with E-state index in [2.05, 4.69) is 10.5 Å². The quantitative estimate of drug-likeness (QED) is 0.629. The maximum atomic E-state index is 10.7. The molecule has 0 aliphatic heterocycles. The molecular formula is C16H17N3O3S. The molecule has 2 amide bonds. The summed E-state index contributed by atoms with van der Waals surface area (Å²) in [6, 6.07) is 12.7. The number of hydrogen-bond acceptors (Lipinski definition) is 5. The van der Waals surface area contributed by atoms with E-state index in [4.69, 9.17) is 15.2 Å². The third-order valence-electron chi connectivity index (χ3n) is 2.88. The van der Waals surface area contributed by atoms with E-state index in [1.165, 1.54) is 0 Å². The number of amides is 2. The van der Waals surface area contributed by atoms with Gasteiger partial charge in [0.1, 0.15) is 0 Å². The summed E-state index contributed by atoms with van der Waals surface area (Å²) in [5.41, 5.74) is 8.03. The van der Waals surface area contributed by atoms with Crippen LogP contribution in [-0.4, -0.2) is 26.5 Å². The standard InChI is InChI=1S/C16H17N3O3S/c1-21-13-8-7-12(9-14(13)22-2)23-15-6-4-3-5-11(15)10-18-19-16(17)20/h3-10H,1-2H3,(H3,17,19,20)/b18-10+. The zero-order valence-electron chi connectivity index (χ0n) is 12.8. The monoisotopic (exact) mass is 331 g/mol. The molecule has 6 nitrogen and oxygen atoms in total. The van der Waals surface area contributed by atoms with E-state index in [1.807, 2.05) is 42.5 Å². The van der Waals surface area contributed by atoms with Crippen molar-refractivity contribution >= 4 is 24.0 Å². The molecule has 0 saturated heterocycles. The van der Waals surface area contributed by atoms with Crippen molar-refractivity contribution < 1.29 is 14.3 Å². The SMILES string of the molecule is COc1ccc(Sc2ccccc2/C=N/NC(N)=O)cc1OC. The van der Waals surface area contributed by atoms with Crippen LogP contribution < -0.4 is 20.6 Å². The Hall–Kier alpha value is -2.67. The second-order valence-corrected chi connectivity index (χ2v) is 5.51. The highest BCUT2D eigenvalue weighted by atomic mass is 32.2. The number of ether oxygens (including phenoxy) is 2. The van der Waals surface area contributed by atoms with Gasteiger partial charge in [0.15, 0.2) is 11.5 Å². The lowest BCUT2D eigenvalue weighted by Crippen LogP contribution is -2.24. The van der Waals surface area contributed by atoms with Gasteiger partial charge in [-0.1, -0.05) is 30.0 Å². The van der Waals surface area contributed by atoms with Crippen LogP contribution in [0.4, 0.5) is 4.79 Å². The molecule has 0 spiro atoms. The van der Waals surface area contributed by atoms with Gasteiger partial charge in [0.25, 0.3) is 0 Å². The van der Waals surface area contributed by atoms with Crippen LogP contribution in [0.5, 0.6) is 11.5 Å². The van der Waals surface area contributed by atoms with E-state index >= 15 is 0 Å². The molecule has 0 aromatic heterocycles. The molecule has 0 aliphatic rings. The summed E-state index contributed by atoms with van der Waals surface area (Å²) in [6.07, 6.45) is 1.55. The lowest BCUT2D eigenvalue weighted by molar-refractivity contribution is 0.249. The summed E-state index contributed by atoms with van der Waals surface area (Å²) in [5.74, 6) is 1.34. The summed E-state index contributed by atoms with van der Waals surface area (Å²) < 4.78 is 10.5. The summed E-state index contributed by atoms with van der Waals surface area (Å²) >= 11 is 1.55. The highest BCUT2D eigenvalue weighted by molar-refractivity contribution is 7.99. The number of hydrogen-bond donors (Lipinski definition) is 2. The maximum Gasteiger partial charge on any atom is 0.332 e. The van der Waals surface area contributed by atoms with E-state index in [0.717, 1.165) is 15.4 Å². The molecule has 0 radical (unpaired) electrons. The van der Waals surface area contributed by atoms with Gasteiger partial charge in [-0.25, -0.2) is 10.2 Å². The van der Waals surface area contributed by atoms with Crippen LogP contribution in [0.15, 0.2) is 57.4 Å². The number of carbonyl (C=O) groups excluding carboxylic acids is 1. The molecule has 2 rings (SSSR count). The fraction of sp³-hybridized carbons (Fsp3) is 0.125. The third kappa shape index (κ3) is 4.65. The van der Waals surface area contributed by atoms with E-state index in [0.29, 0.717) is 11.5 Å². The van der Waals surface area contributed by atoms with Crippen molar-refractivity contribution in [2.24, 2.45) is 10.8 Å². The number of nitrogens with one attached hydrogen (secondary N) is 1. The Bertz CT molecular complexity index is 719. The molecule has 7 heteroatoms. The van der Waals surface area contributed by atoms with Gasteiger partial charge in [0.05, 0.1) is 20.4 Å². The first kappa shape index (κ1) is 16.7. The van der Waals surface area contributed by atoms with E-state index in [-0.39, 0.29) is 0 Å².